The van der Waals surface area contributed by atoms with Crippen LogP contribution in [0.5, 0.6) is 0 Å². The Bertz CT molecular complexity index is 426. The zero-order valence-electron chi connectivity index (χ0n) is 17.6. The van der Waals surface area contributed by atoms with Crippen LogP contribution in [0.15, 0.2) is 43.3 Å². The minimum absolute atomic E-state index is 0.374. The molecule has 4 N–H and O–H groups in total. The highest BCUT2D eigenvalue weighted by molar-refractivity contribution is 8.07. The van der Waals surface area contributed by atoms with Gasteiger partial charge in [0.15, 0.2) is 0 Å². The van der Waals surface area contributed by atoms with Gasteiger partial charge < -0.3 is 20.4 Å². The van der Waals surface area contributed by atoms with Crippen LogP contribution in [0.4, 0.5) is 0 Å². The van der Waals surface area contributed by atoms with Crippen molar-refractivity contribution in [1.82, 2.24) is 0 Å². The van der Waals surface area contributed by atoms with Crippen LogP contribution < -0.4 is 0 Å². The molecule has 0 aromatic rings. The van der Waals surface area contributed by atoms with Gasteiger partial charge in [-0.2, -0.15) is 0 Å². The Morgan fingerprint density at radius 3 is 0.562 bits per heavy atom. The molecule has 1 aliphatic rings. The number of hydrogen-bond acceptors (Lipinski definition) is 12. The maximum atomic E-state index is 10.0. The van der Waals surface area contributed by atoms with Crippen LogP contribution in [-0.2, 0) is 0 Å². The van der Waals surface area contributed by atoms with Crippen LogP contribution in [-0.4, -0.2) is 90.9 Å². The Morgan fingerprint density at radius 1 is 0.312 bits per heavy atom. The second-order valence-electron chi connectivity index (χ2n) is 6.37. The maximum Gasteiger partial charge on any atom is 0.0727 e. The normalized spacial score (nSPS) is 33.9. The topological polar surface area (TPSA) is 80.9 Å². The van der Waals surface area contributed by atoms with E-state index in [1.165, 1.54) is 0 Å². The van der Waals surface area contributed by atoms with Crippen LogP contribution in [0.25, 0.3) is 0 Å². The van der Waals surface area contributed by atoms with Crippen molar-refractivity contribution in [2.45, 2.75) is 24.4 Å². The highest BCUT2D eigenvalue weighted by Crippen LogP contribution is 2.19. The molecule has 12 heteroatoms. The Balaban J connectivity index is 2.40. The van der Waals surface area contributed by atoms with Crippen LogP contribution in [0, 0.1) is 0 Å². The van der Waals surface area contributed by atoms with Gasteiger partial charge in [-0.3, -0.25) is 0 Å². The molecule has 0 spiro atoms. The van der Waals surface area contributed by atoms with Gasteiger partial charge in [-0.15, -0.1) is 94.1 Å². The van der Waals surface area contributed by atoms with E-state index >= 15 is 0 Å². The summed E-state index contributed by atoms with van der Waals surface area (Å²) in [4.78, 5) is 0. The fourth-order valence-electron chi connectivity index (χ4n) is 1.84. The molecule has 0 fully saturated rings. The first-order chi connectivity index (χ1) is 15.6. The number of thioether (sulfide) groups is 8. The summed E-state index contributed by atoms with van der Waals surface area (Å²) in [7, 11) is 0. The van der Waals surface area contributed by atoms with Crippen molar-refractivity contribution in [1.29, 1.82) is 0 Å². The summed E-state index contributed by atoms with van der Waals surface area (Å²) in [6, 6.07) is 0. The van der Waals surface area contributed by atoms with Gasteiger partial charge in [0.05, 0.1) is 24.4 Å². The zero-order valence-corrected chi connectivity index (χ0v) is 24.2. The SMILES string of the molecule is OC1CS/C=C\SCC(O)CS/C=C/SCC(O)CS/C=C/SCC(O)CS/C=C/SC1. The summed E-state index contributed by atoms with van der Waals surface area (Å²) in [5.74, 6) is 5.13. The van der Waals surface area contributed by atoms with E-state index in [9.17, 15) is 20.4 Å². The maximum absolute atomic E-state index is 10.0. The van der Waals surface area contributed by atoms with E-state index < -0.39 is 0 Å². The van der Waals surface area contributed by atoms with E-state index in [4.69, 9.17) is 0 Å². The molecular formula is C20H32O4S8. The molecule has 0 radical (unpaired) electrons. The average Bonchev–Trinajstić information content (AvgIpc) is 2.77. The molecule has 0 aromatic carbocycles. The Hall–Kier alpha value is 1.60. The molecule has 4 unspecified atom stereocenters. The monoisotopic (exact) mass is 592 g/mol. The summed E-state index contributed by atoms with van der Waals surface area (Å²) in [5, 5.41) is 55.8. The van der Waals surface area contributed by atoms with E-state index in [1.54, 1.807) is 94.1 Å². The number of hydrogen-bond donors (Lipinski definition) is 4. The van der Waals surface area contributed by atoms with Gasteiger partial charge >= 0.3 is 0 Å². The van der Waals surface area contributed by atoms with Crippen LogP contribution in [0.1, 0.15) is 0 Å². The molecular weight excluding hydrogens is 561 g/mol. The molecule has 0 bridgehead atoms. The largest absolute Gasteiger partial charge is 0.391 e. The van der Waals surface area contributed by atoms with E-state index in [0.717, 1.165) is 0 Å². The second-order valence-corrected chi connectivity index (χ2v) is 13.9. The van der Waals surface area contributed by atoms with E-state index in [1.807, 2.05) is 43.3 Å². The predicted molar refractivity (Wildman–Crippen MR) is 160 cm³/mol. The third-order valence-corrected chi connectivity index (χ3v) is 11.2. The van der Waals surface area contributed by atoms with Crippen molar-refractivity contribution in [2.75, 3.05) is 46.0 Å². The van der Waals surface area contributed by atoms with E-state index in [-0.39, 0.29) is 24.4 Å². The average molecular weight is 593 g/mol. The summed E-state index contributed by atoms with van der Waals surface area (Å²) in [5.41, 5.74) is 0. The minimum atomic E-state index is -0.374. The number of aliphatic hydroxyl groups is 4. The molecule has 0 aromatic heterocycles. The summed E-state index contributed by atoms with van der Waals surface area (Å²) in [6.07, 6.45) is -1.50. The first kappa shape index (κ1) is 31.6. The molecule has 0 aliphatic carbocycles. The van der Waals surface area contributed by atoms with Crippen molar-refractivity contribution in [3.63, 3.8) is 0 Å². The molecule has 0 amide bonds. The van der Waals surface area contributed by atoms with Crippen LogP contribution in [0.3, 0.4) is 0 Å². The van der Waals surface area contributed by atoms with Crippen molar-refractivity contribution in [3.8, 4) is 0 Å². The molecule has 0 saturated heterocycles. The van der Waals surface area contributed by atoms with E-state index in [2.05, 4.69) is 0 Å². The molecule has 32 heavy (non-hydrogen) atoms. The van der Waals surface area contributed by atoms with Crippen molar-refractivity contribution >= 4 is 94.1 Å². The van der Waals surface area contributed by atoms with Crippen molar-refractivity contribution < 1.29 is 20.4 Å². The summed E-state index contributed by atoms with van der Waals surface area (Å²) >= 11 is 12.6. The fourth-order valence-corrected chi connectivity index (χ4v) is 8.56. The van der Waals surface area contributed by atoms with E-state index in [0.29, 0.717) is 46.0 Å². The van der Waals surface area contributed by atoms with Gasteiger partial charge in [-0.1, -0.05) is 0 Å². The molecule has 1 aliphatic heterocycles. The number of aliphatic hydroxyl groups excluding tert-OH is 4. The molecule has 0 saturated carbocycles. The molecule has 1 rings (SSSR count). The lowest BCUT2D eigenvalue weighted by Gasteiger charge is -2.08. The highest BCUT2D eigenvalue weighted by Gasteiger charge is 2.05. The Kier molecular flexibility index (Phi) is 22.8. The molecule has 1 heterocycles. The lowest BCUT2D eigenvalue weighted by atomic mass is 10.5. The van der Waals surface area contributed by atoms with Crippen molar-refractivity contribution in [2.24, 2.45) is 0 Å². The smallest absolute Gasteiger partial charge is 0.0727 e. The van der Waals surface area contributed by atoms with Gasteiger partial charge in [0.25, 0.3) is 0 Å². The Morgan fingerprint density at radius 2 is 0.438 bits per heavy atom. The summed E-state index contributed by atoms with van der Waals surface area (Å²) < 4.78 is 0. The van der Waals surface area contributed by atoms with Crippen LogP contribution in [0.2, 0.25) is 0 Å². The lowest BCUT2D eigenvalue weighted by Crippen LogP contribution is -2.12. The summed E-state index contributed by atoms with van der Waals surface area (Å²) in [6.45, 7) is 0. The lowest BCUT2D eigenvalue weighted by molar-refractivity contribution is 0.225. The standard InChI is InChI=1S/C20H32O4S8/c21-17-9-25-1-2-26-10-18(22)12-28-5-6-30-14-20(24)16-32-8-7-31-15-19(23)13-29-4-3-27-11-17/h1-8,17-24H,9-16H2/b2-1-,4-3+,6-5+,8-7+. The predicted octanol–water partition coefficient (Wildman–Crippen LogP) is 5.19. The van der Waals surface area contributed by atoms with Crippen molar-refractivity contribution in [3.05, 3.63) is 43.3 Å². The Labute approximate surface area is 226 Å². The second kappa shape index (κ2) is 23.0. The highest BCUT2D eigenvalue weighted by atomic mass is 32.2. The first-order valence-corrected chi connectivity index (χ1v) is 18.2. The number of rotatable bonds is 0. The van der Waals surface area contributed by atoms with Gasteiger partial charge in [0.1, 0.15) is 0 Å². The van der Waals surface area contributed by atoms with Gasteiger partial charge in [-0.05, 0) is 43.3 Å². The zero-order chi connectivity index (χ0) is 23.3. The minimum Gasteiger partial charge on any atom is -0.391 e. The van der Waals surface area contributed by atoms with Gasteiger partial charge in [-0.25, -0.2) is 0 Å². The third-order valence-electron chi connectivity index (χ3n) is 3.30. The third kappa shape index (κ3) is 20.9. The molecule has 184 valence electrons. The van der Waals surface area contributed by atoms with Crippen LogP contribution >= 0.6 is 94.1 Å². The molecule has 4 atom stereocenters. The van der Waals surface area contributed by atoms with Gasteiger partial charge in [0.2, 0.25) is 0 Å². The first-order valence-electron chi connectivity index (χ1n) is 9.83. The fraction of sp³-hybridized carbons (Fsp3) is 0.600. The van der Waals surface area contributed by atoms with Gasteiger partial charge in [0, 0.05) is 46.0 Å². The molecule has 4 nitrogen and oxygen atoms in total. The quantitative estimate of drug-likeness (QED) is 0.299.